The molecule has 4 nitrogen and oxygen atoms in total. The van der Waals surface area contributed by atoms with Crippen molar-refractivity contribution in [3.8, 4) is 0 Å². The zero-order valence-corrected chi connectivity index (χ0v) is 4.49. The summed E-state index contributed by atoms with van der Waals surface area (Å²) in [4.78, 5) is 9.70. The zero-order chi connectivity index (χ0) is 7.44. The Morgan fingerprint density at radius 2 is 2.11 bits per heavy atom. The minimum atomic E-state index is -2.12. The summed E-state index contributed by atoms with van der Waals surface area (Å²) in [5.74, 6) is -1.67. The molecule has 0 saturated heterocycles. The lowest BCUT2D eigenvalue weighted by atomic mass is 10.2. The van der Waals surface area contributed by atoms with Crippen LogP contribution in [-0.4, -0.2) is 40.2 Å². The predicted octanol–water partition coefficient (Wildman–Crippen LogP) is -1.24. The van der Waals surface area contributed by atoms with E-state index in [2.05, 4.69) is 0 Å². The van der Waals surface area contributed by atoms with Crippen LogP contribution in [0.5, 0.6) is 0 Å². The normalized spacial score (nSPS) is 16.8. The molecule has 0 bridgehead atoms. The van der Waals surface area contributed by atoms with E-state index < -0.39 is 24.9 Å². The molecule has 0 spiro atoms. The summed E-state index contributed by atoms with van der Waals surface area (Å²) in [7, 11) is 0. The van der Waals surface area contributed by atoms with E-state index in [1.807, 2.05) is 0 Å². The Kier molecular flexibility index (Phi) is 3.11. The first-order chi connectivity index (χ1) is 4.09. The van der Waals surface area contributed by atoms with Crippen LogP contribution >= 0.6 is 0 Å². The molecule has 9 heavy (non-hydrogen) atoms. The third kappa shape index (κ3) is 2.39. The summed E-state index contributed by atoms with van der Waals surface area (Å²) >= 11 is 0. The first-order valence-corrected chi connectivity index (χ1v) is 2.25. The lowest BCUT2D eigenvalue weighted by Crippen LogP contribution is -2.32. The van der Waals surface area contributed by atoms with Crippen LogP contribution in [0.25, 0.3) is 0 Å². The molecule has 0 aromatic carbocycles. The van der Waals surface area contributed by atoms with Crippen LogP contribution in [0.15, 0.2) is 0 Å². The van der Waals surface area contributed by atoms with Gasteiger partial charge in [-0.2, -0.15) is 0 Å². The summed E-state index contributed by atoms with van der Waals surface area (Å²) in [5, 5.41) is 24.1. The van der Waals surface area contributed by atoms with Crippen molar-refractivity contribution >= 4 is 5.97 Å². The van der Waals surface area contributed by atoms with Crippen LogP contribution in [0.1, 0.15) is 0 Å². The van der Waals surface area contributed by atoms with Crippen LogP contribution < -0.4 is 0 Å². The predicted molar refractivity (Wildman–Crippen MR) is 25.6 cm³/mol. The Bertz CT molecular complexity index is 105. The van der Waals surface area contributed by atoms with Crippen LogP contribution in [0.2, 0.25) is 0 Å². The second-order valence-corrected chi connectivity index (χ2v) is 1.48. The van der Waals surface area contributed by atoms with E-state index in [-0.39, 0.29) is 0 Å². The van der Waals surface area contributed by atoms with Crippen LogP contribution in [0.4, 0.5) is 4.39 Å². The van der Waals surface area contributed by atoms with Crippen molar-refractivity contribution in [2.24, 2.45) is 0 Å². The molecule has 0 amide bonds. The highest BCUT2D eigenvalue weighted by molar-refractivity contribution is 5.72. The SMILES string of the molecule is O=C(O)[C@@H](O)[C@H](F)CO. The minimum absolute atomic E-state index is 0.979. The van der Waals surface area contributed by atoms with Crippen molar-refractivity contribution in [3.63, 3.8) is 0 Å². The van der Waals surface area contributed by atoms with Crippen molar-refractivity contribution in [2.75, 3.05) is 6.61 Å². The summed E-state index contributed by atoms with van der Waals surface area (Å²) in [6.07, 6.45) is -4.21. The van der Waals surface area contributed by atoms with Gasteiger partial charge in [-0.05, 0) is 0 Å². The van der Waals surface area contributed by atoms with Crippen molar-refractivity contribution in [1.82, 2.24) is 0 Å². The number of aliphatic hydroxyl groups is 2. The maximum Gasteiger partial charge on any atom is 0.335 e. The molecule has 0 aliphatic rings. The quantitative estimate of drug-likeness (QED) is 0.456. The Hall–Kier alpha value is -0.680. The molecule has 0 aromatic rings. The molecular formula is C4H7FO4. The van der Waals surface area contributed by atoms with Gasteiger partial charge in [0.1, 0.15) is 0 Å². The number of rotatable bonds is 3. The molecular weight excluding hydrogens is 131 g/mol. The van der Waals surface area contributed by atoms with E-state index in [1.54, 1.807) is 0 Å². The van der Waals surface area contributed by atoms with Gasteiger partial charge in [0.2, 0.25) is 0 Å². The number of carbonyl (C=O) groups is 1. The standard InChI is InChI=1S/C4H7FO4/c5-2(1-6)3(7)4(8)9/h2-3,6-7H,1H2,(H,8,9)/t2-,3+/m1/s1. The smallest absolute Gasteiger partial charge is 0.335 e. The molecule has 0 aliphatic carbocycles. The molecule has 5 heteroatoms. The van der Waals surface area contributed by atoms with Crippen molar-refractivity contribution in [3.05, 3.63) is 0 Å². The van der Waals surface area contributed by atoms with E-state index in [4.69, 9.17) is 15.3 Å². The third-order valence-electron chi connectivity index (χ3n) is 0.770. The van der Waals surface area contributed by atoms with Gasteiger partial charge in [-0.25, -0.2) is 9.18 Å². The fraction of sp³-hybridized carbons (Fsp3) is 0.750. The Balaban J connectivity index is 3.72. The van der Waals surface area contributed by atoms with Gasteiger partial charge in [0.25, 0.3) is 0 Å². The lowest BCUT2D eigenvalue weighted by molar-refractivity contribution is -0.151. The van der Waals surface area contributed by atoms with E-state index in [0.717, 1.165) is 0 Å². The zero-order valence-electron chi connectivity index (χ0n) is 4.49. The number of aliphatic carboxylic acids is 1. The number of carboxylic acid groups (broad SMARTS) is 1. The monoisotopic (exact) mass is 138 g/mol. The van der Waals surface area contributed by atoms with E-state index >= 15 is 0 Å². The molecule has 0 rings (SSSR count). The number of hydrogen-bond acceptors (Lipinski definition) is 3. The number of alkyl halides is 1. The number of hydrogen-bond donors (Lipinski definition) is 3. The molecule has 3 N–H and O–H groups in total. The summed E-state index contributed by atoms with van der Waals surface area (Å²) in [6, 6.07) is 0. The molecule has 0 heterocycles. The first kappa shape index (κ1) is 8.32. The fourth-order valence-electron chi connectivity index (χ4n) is 0.255. The highest BCUT2D eigenvalue weighted by atomic mass is 19.1. The minimum Gasteiger partial charge on any atom is -0.479 e. The van der Waals surface area contributed by atoms with Crippen molar-refractivity contribution in [1.29, 1.82) is 0 Å². The number of aliphatic hydroxyl groups excluding tert-OH is 2. The molecule has 0 radical (unpaired) electrons. The van der Waals surface area contributed by atoms with Gasteiger partial charge in [0, 0.05) is 0 Å². The van der Waals surface area contributed by atoms with Crippen molar-refractivity contribution < 1.29 is 24.5 Å². The largest absolute Gasteiger partial charge is 0.479 e. The Morgan fingerprint density at radius 3 is 2.22 bits per heavy atom. The van der Waals surface area contributed by atoms with E-state index in [1.165, 1.54) is 0 Å². The van der Waals surface area contributed by atoms with Gasteiger partial charge < -0.3 is 15.3 Å². The van der Waals surface area contributed by atoms with Gasteiger partial charge in [-0.1, -0.05) is 0 Å². The second-order valence-electron chi connectivity index (χ2n) is 1.48. The summed E-state index contributed by atoms with van der Waals surface area (Å²) in [5.41, 5.74) is 0. The van der Waals surface area contributed by atoms with E-state index in [9.17, 15) is 9.18 Å². The average molecular weight is 138 g/mol. The highest BCUT2D eigenvalue weighted by Crippen LogP contribution is 1.96. The topological polar surface area (TPSA) is 77.8 Å². The summed E-state index contributed by atoms with van der Waals surface area (Å²) < 4.78 is 11.9. The van der Waals surface area contributed by atoms with Crippen LogP contribution in [-0.2, 0) is 4.79 Å². The van der Waals surface area contributed by atoms with Gasteiger partial charge in [0.15, 0.2) is 12.3 Å². The van der Waals surface area contributed by atoms with Crippen LogP contribution in [0, 0.1) is 0 Å². The molecule has 54 valence electrons. The summed E-state index contributed by atoms with van der Waals surface area (Å²) in [6.45, 7) is -0.979. The number of carboxylic acids is 1. The fourth-order valence-corrected chi connectivity index (χ4v) is 0.255. The second kappa shape index (κ2) is 3.37. The van der Waals surface area contributed by atoms with Crippen LogP contribution in [0.3, 0.4) is 0 Å². The lowest BCUT2D eigenvalue weighted by Gasteiger charge is -2.06. The van der Waals surface area contributed by atoms with Gasteiger partial charge in [-0.15, -0.1) is 0 Å². The molecule has 0 aliphatic heterocycles. The van der Waals surface area contributed by atoms with Crippen molar-refractivity contribution in [2.45, 2.75) is 12.3 Å². The maximum atomic E-state index is 11.9. The highest BCUT2D eigenvalue weighted by Gasteiger charge is 2.23. The van der Waals surface area contributed by atoms with Gasteiger partial charge >= 0.3 is 5.97 Å². The number of halogens is 1. The molecule has 2 atom stereocenters. The van der Waals surface area contributed by atoms with Gasteiger partial charge in [0.05, 0.1) is 6.61 Å². The molecule has 0 unspecified atom stereocenters. The van der Waals surface area contributed by atoms with Gasteiger partial charge in [-0.3, -0.25) is 0 Å². The third-order valence-corrected chi connectivity index (χ3v) is 0.770. The molecule has 0 fully saturated rings. The maximum absolute atomic E-state index is 11.9. The first-order valence-electron chi connectivity index (χ1n) is 2.25. The van der Waals surface area contributed by atoms with E-state index in [0.29, 0.717) is 0 Å². The molecule has 0 saturated carbocycles. The average Bonchev–Trinajstić information content (AvgIpc) is 1.84. The molecule has 0 aromatic heterocycles. The Morgan fingerprint density at radius 1 is 1.67 bits per heavy atom. The Labute approximate surface area is 50.5 Å².